The van der Waals surface area contributed by atoms with Gasteiger partial charge in [-0.05, 0) is 31.7 Å². The summed E-state index contributed by atoms with van der Waals surface area (Å²) < 4.78 is 11.1. The molecule has 0 aromatic rings. The van der Waals surface area contributed by atoms with Gasteiger partial charge < -0.3 is 11.1 Å². The fourth-order valence-electron chi connectivity index (χ4n) is 2.82. The first-order valence-corrected chi connectivity index (χ1v) is 8.50. The standard InChI is InChI=1S/C13H26N2O2S/c1-11(9-18(2)17)15-12(16)8-13(10-14)6-4-3-5-7-13/h11H,3-10,14H2,1-2H3,(H,15,16). The molecule has 2 unspecified atom stereocenters. The van der Waals surface area contributed by atoms with Gasteiger partial charge >= 0.3 is 0 Å². The lowest BCUT2D eigenvalue weighted by atomic mass is 9.71. The molecule has 0 saturated heterocycles. The molecule has 1 amide bonds. The second-order valence-electron chi connectivity index (χ2n) is 5.65. The molecule has 1 fully saturated rings. The van der Waals surface area contributed by atoms with Crippen molar-refractivity contribution < 1.29 is 9.00 Å². The van der Waals surface area contributed by atoms with Crippen molar-refractivity contribution in [3.05, 3.63) is 0 Å². The molecule has 0 aliphatic heterocycles. The number of nitrogens with two attached hydrogens (primary N) is 1. The Morgan fingerprint density at radius 3 is 2.50 bits per heavy atom. The number of nitrogens with one attached hydrogen (secondary N) is 1. The second kappa shape index (κ2) is 7.24. The van der Waals surface area contributed by atoms with Crippen LogP contribution >= 0.6 is 0 Å². The van der Waals surface area contributed by atoms with Crippen molar-refractivity contribution in [2.24, 2.45) is 11.1 Å². The third-order valence-corrected chi connectivity index (χ3v) is 4.74. The summed E-state index contributed by atoms with van der Waals surface area (Å²) in [6, 6.07) is -0.0262. The van der Waals surface area contributed by atoms with Crippen LogP contribution in [0.2, 0.25) is 0 Å². The lowest BCUT2D eigenvalue weighted by Crippen LogP contribution is -2.42. The van der Waals surface area contributed by atoms with E-state index in [0.717, 1.165) is 12.8 Å². The minimum Gasteiger partial charge on any atom is -0.353 e. The Morgan fingerprint density at radius 1 is 1.39 bits per heavy atom. The zero-order chi connectivity index (χ0) is 13.6. The maximum absolute atomic E-state index is 12.0. The van der Waals surface area contributed by atoms with Crippen LogP contribution in [0.15, 0.2) is 0 Å². The SMILES string of the molecule is CC(CS(C)=O)NC(=O)CC1(CN)CCCCC1. The molecule has 0 radical (unpaired) electrons. The molecule has 1 aliphatic carbocycles. The minimum atomic E-state index is -0.870. The Morgan fingerprint density at radius 2 is 2.00 bits per heavy atom. The highest BCUT2D eigenvalue weighted by Crippen LogP contribution is 2.38. The van der Waals surface area contributed by atoms with Crippen molar-refractivity contribution >= 4 is 16.7 Å². The molecule has 106 valence electrons. The van der Waals surface area contributed by atoms with E-state index in [-0.39, 0.29) is 17.4 Å². The van der Waals surface area contributed by atoms with E-state index in [4.69, 9.17) is 5.73 Å². The van der Waals surface area contributed by atoms with Gasteiger partial charge in [0.15, 0.2) is 0 Å². The number of hydrogen-bond acceptors (Lipinski definition) is 3. The predicted molar refractivity (Wildman–Crippen MR) is 75.7 cm³/mol. The molecular weight excluding hydrogens is 248 g/mol. The van der Waals surface area contributed by atoms with Gasteiger partial charge in [0.05, 0.1) is 0 Å². The lowest BCUT2D eigenvalue weighted by Gasteiger charge is -2.35. The molecule has 1 rings (SSSR count). The number of carbonyl (C=O) groups excluding carboxylic acids is 1. The number of amides is 1. The number of carbonyl (C=O) groups is 1. The van der Waals surface area contributed by atoms with Crippen LogP contribution in [0.4, 0.5) is 0 Å². The third-order valence-electron chi connectivity index (χ3n) is 3.77. The van der Waals surface area contributed by atoms with E-state index in [0.29, 0.717) is 18.7 Å². The average molecular weight is 274 g/mol. The first kappa shape index (κ1) is 15.6. The summed E-state index contributed by atoms with van der Waals surface area (Å²) in [5.41, 5.74) is 5.88. The summed E-state index contributed by atoms with van der Waals surface area (Å²) in [5, 5.41) is 2.93. The van der Waals surface area contributed by atoms with Crippen LogP contribution in [0.25, 0.3) is 0 Å². The summed E-state index contributed by atoms with van der Waals surface area (Å²) in [6.45, 7) is 2.49. The van der Waals surface area contributed by atoms with Crippen LogP contribution in [0.5, 0.6) is 0 Å². The van der Waals surface area contributed by atoms with E-state index < -0.39 is 10.8 Å². The second-order valence-corrected chi connectivity index (χ2v) is 7.13. The molecular formula is C13H26N2O2S. The maximum atomic E-state index is 12.0. The number of hydrogen-bond donors (Lipinski definition) is 2. The molecule has 0 aromatic heterocycles. The Labute approximate surface area is 113 Å². The topological polar surface area (TPSA) is 72.2 Å². The van der Waals surface area contributed by atoms with Gasteiger partial charge in [-0.25, -0.2) is 0 Å². The highest BCUT2D eigenvalue weighted by atomic mass is 32.2. The highest BCUT2D eigenvalue weighted by molar-refractivity contribution is 7.84. The molecule has 0 bridgehead atoms. The van der Waals surface area contributed by atoms with Crippen molar-refractivity contribution in [2.45, 2.75) is 51.5 Å². The van der Waals surface area contributed by atoms with E-state index in [2.05, 4.69) is 5.32 Å². The van der Waals surface area contributed by atoms with Gasteiger partial charge in [-0.15, -0.1) is 0 Å². The Bertz CT molecular complexity index is 301. The Balaban J connectivity index is 2.44. The van der Waals surface area contributed by atoms with E-state index in [1.807, 2.05) is 6.92 Å². The molecule has 5 heteroatoms. The Hall–Kier alpha value is -0.420. The van der Waals surface area contributed by atoms with Crippen molar-refractivity contribution in [1.82, 2.24) is 5.32 Å². The molecule has 3 N–H and O–H groups in total. The average Bonchev–Trinajstić information content (AvgIpc) is 2.28. The molecule has 0 heterocycles. The fraction of sp³-hybridized carbons (Fsp3) is 0.923. The van der Waals surface area contributed by atoms with E-state index in [9.17, 15) is 9.00 Å². The van der Waals surface area contributed by atoms with Gasteiger partial charge in [-0.1, -0.05) is 19.3 Å². The van der Waals surface area contributed by atoms with Crippen molar-refractivity contribution in [3.63, 3.8) is 0 Å². The maximum Gasteiger partial charge on any atom is 0.220 e. The predicted octanol–water partition coefficient (Wildman–Crippen LogP) is 1.17. The van der Waals surface area contributed by atoms with Gasteiger partial charge in [0, 0.05) is 35.3 Å². The molecule has 4 nitrogen and oxygen atoms in total. The van der Waals surface area contributed by atoms with Gasteiger partial charge in [-0.2, -0.15) is 0 Å². The van der Waals surface area contributed by atoms with Crippen LogP contribution in [-0.2, 0) is 15.6 Å². The summed E-state index contributed by atoms with van der Waals surface area (Å²) in [4.78, 5) is 12.0. The summed E-state index contributed by atoms with van der Waals surface area (Å²) in [5.74, 6) is 0.571. The zero-order valence-corrected chi connectivity index (χ0v) is 12.4. The van der Waals surface area contributed by atoms with Gasteiger partial charge in [0.1, 0.15) is 0 Å². The lowest BCUT2D eigenvalue weighted by molar-refractivity contribution is -0.124. The van der Waals surface area contributed by atoms with Crippen molar-refractivity contribution in [2.75, 3.05) is 18.6 Å². The zero-order valence-electron chi connectivity index (χ0n) is 11.5. The van der Waals surface area contributed by atoms with Crippen LogP contribution in [0, 0.1) is 5.41 Å². The first-order valence-electron chi connectivity index (χ1n) is 6.77. The highest BCUT2D eigenvalue weighted by Gasteiger charge is 2.33. The first-order chi connectivity index (χ1) is 8.47. The fourth-order valence-corrected chi connectivity index (χ4v) is 3.60. The smallest absolute Gasteiger partial charge is 0.220 e. The van der Waals surface area contributed by atoms with E-state index in [1.165, 1.54) is 19.3 Å². The largest absolute Gasteiger partial charge is 0.353 e. The molecule has 2 atom stereocenters. The van der Waals surface area contributed by atoms with Crippen LogP contribution in [0.1, 0.15) is 45.4 Å². The minimum absolute atomic E-state index is 0.00736. The summed E-state index contributed by atoms with van der Waals surface area (Å²) >= 11 is 0. The summed E-state index contributed by atoms with van der Waals surface area (Å²) in [6.07, 6.45) is 7.91. The van der Waals surface area contributed by atoms with Crippen LogP contribution < -0.4 is 11.1 Å². The summed E-state index contributed by atoms with van der Waals surface area (Å²) in [7, 11) is -0.870. The quantitative estimate of drug-likeness (QED) is 0.763. The molecule has 0 spiro atoms. The monoisotopic (exact) mass is 274 g/mol. The van der Waals surface area contributed by atoms with E-state index in [1.54, 1.807) is 6.26 Å². The van der Waals surface area contributed by atoms with Crippen LogP contribution in [0.3, 0.4) is 0 Å². The molecule has 1 saturated carbocycles. The number of rotatable bonds is 6. The molecule has 0 aromatic carbocycles. The molecule has 18 heavy (non-hydrogen) atoms. The van der Waals surface area contributed by atoms with E-state index >= 15 is 0 Å². The van der Waals surface area contributed by atoms with Gasteiger partial charge in [0.2, 0.25) is 5.91 Å². The normalized spacial score (nSPS) is 22.2. The Kier molecular flexibility index (Phi) is 6.29. The van der Waals surface area contributed by atoms with Crippen LogP contribution in [-0.4, -0.2) is 34.7 Å². The van der Waals surface area contributed by atoms with Gasteiger partial charge in [-0.3, -0.25) is 9.00 Å². The van der Waals surface area contributed by atoms with Gasteiger partial charge in [0.25, 0.3) is 0 Å². The van der Waals surface area contributed by atoms with Crippen molar-refractivity contribution in [3.8, 4) is 0 Å². The molecule has 1 aliphatic rings. The third kappa shape index (κ3) is 5.06. The van der Waals surface area contributed by atoms with Crippen molar-refractivity contribution in [1.29, 1.82) is 0 Å².